The zero-order chi connectivity index (χ0) is 9.41. The topological polar surface area (TPSA) is 24.7 Å². The second kappa shape index (κ2) is 2.55. The Bertz CT molecular complexity index is 238. The Balaban J connectivity index is 2.58. The summed E-state index contributed by atoms with van der Waals surface area (Å²) in [6, 6.07) is 0. The van der Waals surface area contributed by atoms with E-state index in [-0.39, 0.29) is 5.41 Å². The standard InChI is InChI=1S/C9H13FN2/c1-5-7(10)9(11-12-9)6-8(2,3)4/h1,7H,6H2,2-4H3. The van der Waals surface area contributed by atoms with E-state index >= 15 is 0 Å². The molecule has 3 heteroatoms. The molecule has 1 unspecified atom stereocenters. The molecule has 2 nitrogen and oxygen atoms in total. The second-order valence-electron chi connectivity index (χ2n) is 4.35. The molecule has 0 bridgehead atoms. The Morgan fingerprint density at radius 3 is 2.25 bits per heavy atom. The van der Waals surface area contributed by atoms with Gasteiger partial charge in [0.25, 0.3) is 0 Å². The van der Waals surface area contributed by atoms with Crippen molar-refractivity contribution in [1.82, 2.24) is 0 Å². The first-order valence-corrected chi connectivity index (χ1v) is 3.94. The second-order valence-corrected chi connectivity index (χ2v) is 4.35. The number of hydrogen-bond acceptors (Lipinski definition) is 2. The summed E-state index contributed by atoms with van der Waals surface area (Å²) < 4.78 is 13.1. The molecule has 0 fully saturated rings. The van der Waals surface area contributed by atoms with Gasteiger partial charge >= 0.3 is 0 Å². The zero-order valence-electron chi connectivity index (χ0n) is 7.63. The minimum Gasteiger partial charge on any atom is -0.228 e. The Morgan fingerprint density at radius 2 is 2.00 bits per heavy atom. The third-order valence-electron chi connectivity index (χ3n) is 1.70. The van der Waals surface area contributed by atoms with Crippen molar-refractivity contribution >= 4 is 0 Å². The van der Waals surface area contributed by atoms with Crippen LogP contribution < -0.4 is 0 Å². The monoisotopic (exact) mass is 168 g/mol. The van der Waals surface area contributed by atoms with E-state index in [9.17, 15) is 4.39 Å². The summed E-state index contributed by atoms with van der Waals surface area (Å²) >= 11 is 0. The van der Waals surface area contributed by atoms with Crippen LogP contribution in [0.15, 0.2) is 10.2 Å². The number of terminal acetylenes is 1. The maximum absolute atomic E-state index is 13.1. The molecule has 0 saturated carbocycles. The highest BCUT2D eigenvalue weighted by atomic mass is 19.1. The normalized spacial score (nSPS) is 21.6. The van der Waals surface area contributed by atoms with E-state index in [1.165, 1.54) is 0 Å². The van der Waals surface area contributed by atoms with Crippen LogP contribution in [0.2, 0.25) is 0 Å². The van der Waals surface area contributed by atoms with Gasteiger partial charge in [-0.2, -0.15) is 10.2 Å². The van der Waals surface area contributed by atoms with Crippen molar-refractivity contribution in [3.63, 3.8) is 0 Å². The van der Waals surface area contributed by atoms with E-state index in [0.29, 0.717) is 6.42 Å². The van der Waals surface area contributed by atoms with Crippen molar-refractivity contribution < 1.29 is 4.39 Å². The highest BCUT2D eigenvalue weighted by Gasteiger charge is 2.50. The third-order valence-corrected chi connectivity index (χ3v) is 1.70. The maximum Gasteiger partial charge on any atom is 0.233 e. The lowest BCUT2D eigenvalue weighted by Gasteiger charge is -2.22. The highest BCUT2D eigenvalue weighted by molar-refractivity contribution is 5.13. The average molecular weight is 168 g/mol. The Morgan fingerprint density at radius 1 is 1.50 bits per heavy atom. The number of halogens is 1. The summed E-state index contributed by atoms with van der Waals surface area (Å²) in [5.41, 5.74) is -0.905. The molecule has 0 radical (unpaired) electrons. The molecular weight excluding hydrogens is 155 g/mol. The number of nitrogens with zero attached hydrogens (tertiary/aromatic N) is 2. The van der Waals surface area contributed by atoms with Crippen molar-refractivity contribution in [2.75, 3.05) is 0 Å². The van der Waals surface area contributed by atoms with Crippen LogP contribution in [-0.4, -0.2) is 11.8 Å². The minimum absolute atomic E-state index is 0.00465. The van der Waals surface area contributed by atoms with Gasteiger partial charge in [-0.15, -0.1) is 6.42 Å². The predicted molar refractivity (Wildman–Crippen MR) is 45.4 cm³/mol. The van der Waals surface area contributed by atoms with E-state index in [1.54, 1.807) is 0 Å². The van der Waals surface area contributed by atoms with Crippen LogP contribution in [0.4, 0.5) is 4.39 Å². The molecule has 0 saturated heterocycles. The number of rotatable bonds is 2. The maximum atomic E-state index is 13.1. The van der Waals surface area contributed by atoms with Gasteiger partial charge in [0.1, 0.15) is 0 Å². The van der Waals surface area contributed by atoms with Gasteiger partial charge in [0, 0.05) is 6.42 Å². The fraction of sp³-hybridized carbons (Fsp3) is 0.778. The van der Waals surface area contributed by atoms with Crippen LogP contribution in [0.3, 0.4) is 0 Å². The van der Waals surface area contributed by atoms with E-state index in [1.807, 2.05) is 26.7 Å². The first-order chi connectivity index (χ1) is 5.40. The third kappa shape index (κ3) is 1.82. The molecule has 0 aromatic rings. The molecule has 1 aliphatic rings. The van der Waals surface area contributed by atoms with E-state index in [2.05, 4.69) is 10.2 Å². The fourth-order valence-corrected chi connectivity index (χ4v) is 1.24. The zero-order valence-corrected chi connectivity index (χ0v) is 7.63. The molecular formula is C9H13FN2. The van der Waals surface area contributed by atoms with Crippen molar-refractivity contribution in [2.45, 2.75) is 39.0 Å². The average Bonchev–Trinajstić information content (AvgIpc) is 2.64. The number of hydrogen-bond donors (Lipinski definition) is 0. The predicted octanol–water partition coefficient (Wildman–Crippen LogP) is 2.56. The molecule has 0 spiro atoms. The van der Waals surface area contributed by atoms with E-state index in [4.69, 9.17) is 6.42 Å². The quantitative estimate of drug-likeness (QED) is 0.566. The molecule has 0 amide bonds. The van der Waals surface area contributed by atoms with Gasteiger partial charge in [0.15, 0.2) is 0 Å². The van der Waals surface area contributed by atoms with Crippen molar-refractivity contribution in [3.05, 3.63) is 0 Å². The molecule has 0 aromatic carbocycles. The van der Waals surface area contributed by atoms with Gasteiger partial charge in [0.05, 0.1) is 0 Å². The Hall–Kier alpha value is -0.910. The van der Waals surface area contributed by atoms with E-state index in [0.717, 1.165) is 0 Å². The van der Waals surface area contributed by atoms with Crippen molar-refractivity contribution in [3.8, 4) is 12.3 Å². The summed E-state index contributed by atoms with van der Waals surface area (Å²) in [6.45, 7) is 6.05. The summed E-state index contributed by atoms with van der Waals surface area (Å²) in [6.07, 6.45) is 4.18. The lowest BCUT2D eigenvalue weighted by molar-refractivity contribution is 0.233. The summed E-state index contributed by atoms with van der Waals surface area (Å²) in [5.74, 6) is 2.04. The first-order valence-electron chi connectivity index (χ1n) is 3.94. The SMILES string of the molecule is C#CC(F)C1(CC(C)(C)C)N=N1. The minimum atomic E-state index is -1.36. The van der Waals surface area contributed by atoms with Gasteiger partial charge < -0.3 is 0 Å². The summed E-state index contributed by atoms with van der Waals surface area (Å²) in [7, 11) is 0. The Labute approximate surface area is 72.3 Å². The van der Waals surface area contributed by atoms with E-state index < -0.39 is 11.8 Å². The molecule has 12 heavy (non-hydrogen) atoms. The van der Waals surface area contributed by atoms with Crippen LogP contribution in [0.1, 0.15) is 27.2 Å². The van der Waals surface area contributed by atoms with Crippen LogP contribution in [-0.2, 0) is 0 Å². The molecule has 1 atom stereocenters. The van der Waals surface area contributed by atoms with Crippen molar-refractivity contribution in [1.29, 1.82) is 0 Å². The van der Waals surface area contributed by atoms with Gasteiger partial charge in [0.2, 0.25) is 11.8 Å². The fourth-order valence-electron chi connectivity index (χ4n) is 1.24. The van der Waals surface area contributed by atoms with Crippen molar-refractivity contribution in [2.24, 2.45) is 15.6 Å². The first kappa shape index (κ1) is 9.18. The molecule has 0 N–H and O–H groups in total. The lowest BCUT2D eigenvalue weighted by Crippen LogP contribution is -2.29. The van der Waals surface area contributed by atoms with Crippen LogP contribution >= 0.6 is 0 Å². The van der Waals surface area contributed by atoms with Gasteiger partial charge in [-0.25, -0.2) is 4.39 Å². The van der Waals surface area contributed by atoms with Gasteiger partial charge in [-0.05, 0) is 5.41 Å². The summed E-state index contributed by atoms with van der Waals surface area (Å²) in [5, 5.41) is 7.39. The molecule has 0 aliphatic carbocycles. The smallest absolute Gasteiger partial charge is 0.228 e. The molecule has 1 heterocycles. The van der Waals surface area contributed by atoms with Crippen LogP contribution in [0, 0.1) is 17.8 Å². The molecule has 1 rings (SSSR count). The highest BCUT2D eigenvalue weighted by Crippen LogP contribution is 2.43. The van der Waals surface area contributed by atoms with Crippen LogP contribution in [0.25, 0.3) is 0 Å². The molecule has 1 aliphatic heterocycles. The number of alkyl halides is 1. The van der Waals surface area contributed by atoms with Gasteiger partial charge in [-0.1, -0.05) is 26.7 Å². The summed E-state index contributed by atoms with van der Waals surface area (Å²) in [4.78, 5) is 0. The van der Waals surface area contributed by atoms with Crippen LogP contribution in [0.5, 0.6) is 0 Å². The Kier molecular flexibility index (Phi) is 1.95. The largest absolute Gasteiger partial charge is 0.233 e. The lowest BCUT2D eigenvalue weighted by atomic mass is 9.84. The molecule has 0 aromatic heterocycles. The van der Waals surface area contributed by atoms with Gasteiger partial charge in [-0.3, -0.25) is 0 Å². The molecule has 66 valence electrons.